The molecule has 3 N–H and O–H groups in total. The number of hydrogen-bond donors (Lipinski definition) is 3. The van der Waals surface area contributed by atoms with Gasteiger partial charge in [0.05, 0.1) is 0 Å². The number of likely N-dealkylation sites (N-methyl/N-ethyl adjacent to an activating group) is 1. The van der Waals surface area contributed by atoms with Crippen molar-refractivity contribution in [3.8, 4) is 0 Å². The molecule has 28 heavy (non-hydrogen) atoms. The highest BCUT2D eigenvalue weighted by atomic mass is 127. The molecule has 0 fully saturated rings. The largest absolute Gasteiger partial charge is 0.385 e. The lowest BCUT2D eigenvalue weighted by atomic mass is 10.1. The van der Waals surface area contributed by atoms with Gasteiger partial charge in [0.1, 0.15) is 0 Å². The molecule has 0 radical (unpaired) electrons. The zero-order chi connectivity index (χ0) is 19.5. The van der Waals surface area contributed by atoms with Crippen LogP contribution < -0.4 is 10.6 Å². The van der Waals surface area contributed by atoms with Crippen LogP contribution in [0.5, 0.6) is 0 Å². The van der Waals surface area contributed by atoms with E-state index in [1.165, 1.54) is 22.0 Å². The number of guanidine groups is 1. The monoisotopic (exact) mass is 501 g/mol. The number of nitrogens with one attached hydrogen (secondary N) is 3. The smallest absolute Gasteiger partial charge is 0.191 e. The summed E-state index contributed by atoms with van der Waals surface area (Å²) in [6.07, 6.45) is 5.21. The fraction of sp³-hybridized carbons (Fsp3) is 0.571. The third-order valence-corrected chi connectivity index (χ3v) is 4.85. The van der Waals surface area contributed by atoms with Crippen LogP contribution in [0.4, 0.5) is 0 Å². The number of aliphatic imine (C=N–C) groups is 1. The Morgan fingerprint density at radius 3 is 2.68 bits per heavy atom. The molecule has 158 valence electrons. The molecule has 0 saturated heterocycles. The summed E-state index contributed by atoms with van der Waals surface area (Å²) in [5.41, 5.74) is 3.99. The molecular formula is C21H36IN5O. The number of para-hydroxylation sites is 1. The quantitative estimate of drug-likeness (QED) is 0.192. The molecule has 0 aliphatic rings. The number of aryl methyl sites for hydroxylation is 1. The van der Waals surface area contributed by atoms with E-state index < -0.39 is 0 Å². The molecule has 0 unspecified atom stereocenters. The lowest BCUT2D eigenvalue weighted by molar-refractivity contribution is 0.180. The molecule has 1 heterocycles. The Kier molecular flexibility index (Phi) is 12.2. The number of rotatable bonds is 11. The van der Waals surface area contributed by atoms with Crippen LogP contribution in [0.2, 0.25) is 0 Å². The first-order chi connectivity index (χ1) is 13.2. The normalized spacial score (nSPS) is 11.7. The van der Waals surface area contributed by atoms with Crippen molar-refractivity contribution in [1.29, 1.82) is 0 Å². The SMILES string of the molecule is CCc1cccc2c(CCNC(=NC)NCCN(C)CCCOC)c[nH]c12.I. The van der Waals surface area contributed by atoms with Gasteiger partial charge in [-0.1, -0.05) is 25.1 Å². The molecule has 2 rings (SSSR count). The molecule has 0 aliphatic carbocycles. The number of halogens is 1. The van der Waals surface area contributed by atoms with Gasteiger partial charge in [0.15, 0.2) is 5.96 Å². The first-order valence-electron chi connectivity index (χ1n) is 9.89. The van der Waals surface area contributed by atoms with Crippen molar-refractivity contribution in [2.24, 2.45) is 4.99 Å². The summed E-state index contributed by atoms with van der Waals surface area (Å²) < 4.78 is 5.09. The van der Waals surface area contributed by atoms with Crippen LogP contribution in [-0.2, 0) is 17.6 Å². The fourth-order valence-electron chi connectivity index (χ4n) is 3.27. The van der Waals surface area contributed by atoms with E-state index in [9.17, 15) is 0 Å². The summed E-state index contributed by atoms with van der Waals surface area (Å²) in [7, 11) is 5.70. The van der Waals surface area contributed by atoms with Gasteiger partial charge in [0.2, 0.25) is 0 Å². The van der Waals surface area contributed by atoms with Gasteiger partial charge in [-0.15, -0.1) is 24.0 Å². The minimum absolute atomic E-state index is 0. The summed E-state index contributed by atoms with van der Waals surface area (Å²) in [5.74, 6) is 0.856. The first kappa shape index (κ1) is 24.7. The van der Waals surface area contributed by atoms with E-state index in [1.807, 2.05) is 7.05 Å². The number of fused-ring (bicyclic) bond motifs is 1. The van der Waals surface area contributed by atoms with Gasteiger partial charge in [-0.25, -0.2) is 0 Å². The van der Waals surface area contributed by atoms with Crippen molar-refractivity contribution in [2.75, 3.05) is 54.0 Å². The summed E-state index contributed by atoms with van der Waals surface area (Å²) >= 11 is 0. The molecule has 0 aliphatic heterocycles. The Labute approximate surface area is 186 Å². The van der Waals surface area contributed by atoms with Crippen LogP contribution in [0, 0.1) is 0 Å². The van der Waals surface area contributed by atoms with E-state index >= 15 is 0 Å². The number of hydrogen-bond acceptors (Lipinski definition) is 3. The number of benzene rings is 1. The van der Waals surface area contributed by atoms with Gasteiger partial charge < -0.3 is 25.3 Å². The highest BCUT2D eigenvalue weighted by Gasteiger charge is 2.07. The molecule has 0 spiro atoms. The van der Waals surface area contributed by atoms with E-state index in [-0.39, 0.29) is 24.0 Å². The molecular weight excluding hydrogens is 465 g/mol. The van der Waals surface area contributed by atoms with Gasteiger partial charge >= 0.3 is 0 Å². The molecule has 0 bridgehead atoms. The van der Waals surface area contributed by atoms with Gasteiger partial charge in [0.25, 0.3) is 0 Å². The van der Waals surface area contributed by atoms with Crippen LogP contribution in [0.25, 0.3) is 10.9 Å². The topological polar surface area (TPSA) is 64.7 Å². The molecule has 0 saturated carbocycles. The second-order valence-corrected chi connectivity index (χ2v) is 6.83. The summed E-state index contributed by atoms with van der Waals surface area (Å²) in [6.45, 7) is 6.76. The molecule has 1 aromatic heterocycles. The van der Waals surface area contributed by atoms with E-state index in [2.05, 4.69) is 63.9 Å². The highest BCUT2D eigenvalue weighted by molar-refractivity contribution is 14.0. The molecule has 6 nitrogen and oxygen atoms in total. The minimum atomic E-state index is 0. The van der Waals surface area contributed by atoms with Crippen LogP contribution in [0.3, 0.4) is 0 Å². The minimum Gasteiger partial charge on any atom is -0.385 e. The predicted molar refractivity (Wildman–Crippen MR) is 130 cm³/mol. The summed E-state index contributed by atoms with van der Waals surface area (Å²) in [6, 6.07) is 6.54. The van der Waals surface area contributed by atoms with Crippen LogP contribution in [-0.4, -0.2) is 69.8 Å². The Bertz CT molecular complexity index is 716. The predicted octanol–water partition coefficient (Wildman–Crippen LogP) is 3.02. The van der Waals surface area contributed by atoms with Crippen LogP contribution in [0.15, 0.2) is 29.4 Å². The molecule has 7 heteroatoms. The molecule has 1 aromatic carbocycles. The number of nitrogens with zero attached hydrogens (tertiary/aromatic N) is 2. The maximum atomic E-state index is 5.09. The average Bonchev–Trinajstić information content (AvgIpc) is 3.10. The Hall–Kier alpha value is -1.32. The van der Waals surface area contributed by atoms with Gasteiger partial charge in [-0.3, -0.25) is 4.99 Å². The number of methoxy groups -OCH3 is 1. The van der Waals surface area contributed by atoms with Crippen molar-refractivity contribution in [3.63, 3.8) is 0 Å². The van der Waals surface area contributed by atoms with Gasteiger partial charge in [-0.2, -0.15) is 0 Å². The Morgan fingerprint density at radius 2 is 1.96 bits per heavy atom. The zero-order valence-corrected chi connectivity index (χ0v) is 20.0. The maximum absolute atomic E-state index is 5.09. The van der Waals surface area contributed by atoms with Crippen molar-refractivity contribution < 1.29 is 4.74 Å². The molecule has 0 atom stereocenters. The molecule has 0 amide bonds. The van der Waals surface area contributed by atoms with Gasteiger partial charge in [0, 0.05) is 64.0 Å². The van der Waals surface area contributed by atoms with E-state index in [4.69, 9.17) is 4.74 Å². The second-order valence-electron chi connectivity index (χ2n) is 6.83. The lowest BCUT2D eigenvalue weighted by Crippen LogP contribution is -2.41. The number of ether oxygens (including phenoxy) is 1. The third-order valence-electron chi connectivity index (χ3n) is 4.85. The Balaban J connectivity index is 0.00000392. The third kappa shape index (κ3) is 7.60. The van der Waals surface area contributed by atoms with Crippen LogP contribution in [0.1, 0.15) is 24.5 Å². The first-order valence-corrected chi connectivity index (χ1v) is 9.89. The number of aromatic nitrogens is 1. The zero-order valence-electron chi connectivity index (χ0n) is 17.7. The van der Waals surface area contributed by atoms with Crippen molar-refractivity contribution >= 4 is 40.8 Å². The van der Waals surface area contributed by atoms with Crippen molar-refractivity contribution in [3.05, 3.63) is 35.5 Å². The highest BCUT2D eigenvalue weighted by Crippen LogP contribution is 2.22. The number of aromatic amines is 1. The standard InChI is InChI=1S/C21H35N5O.HI/c1-5-17-8-6-9-19-18(16-25-20(17)19)10-11-23-21(22-2)24-12-14-26(3)13-7-15-27-4;/h6,8-9,16,25H,5,7,10-15H2,1-4H3,(H2,22,23,24);1H. The number of H-pyrrole nitrogens is 1. The lowest BCUT2D eigenvalue weighted by Gasteiger charge is -2.18. The Morgan fingerprint density at radius 1 is 1.18 bits per heavy atom. The van der Waals surface area contributed by atoms with Crippen molar-refractivity contribution in [2.45, 2.75) is 26.2 Å². The maximum Gasteiger partial charge on any atom is 0.191 e. The average molecular weight is 501 g/mol. The van der Waals surface area contributed by atoms with Crippen LogP contribution >= 0.6 is 24.0 Å². The van der Waals surface area contributed by atoms with E-state index in [0.717, 1.165) is 58.0 Å². The van der Waals surface area contributed by atoms with Gasteiger partial charge in [-0.05, 0) is 37.4 Å². The van der Waals surface area contributed by atoms with E-state index in [0.29, 0.717) is 0 Å². The fourth-order valence-corrected chi connectivity index (χ4v) is 3.27. The summed E-state index contributed by atoms with van der Waals surface area (Å²) in [4.78, 5) is 10.1. The summed E-state index contributed by atoms with van der Waals surface area (Å²) in [5, 5.41) is 8.13. The van der Waals surface area contributed by atoms with E-state index in [1.54, 1.807) is 7.11 Å². The van der Waals surface area contributed by atoms with Crippen molar-refractivity contribution in [1.82, 2.24) is 20.5 Å². The second kappa shape index (κ2) is 13.8. The molecule has 2 aromatic rings.